The minimum atomic E-state index is 0.397. The number of nitrogens with zero attached hydrogens (tertiary/aromatic N) is 5. The standard InChI is InChI=1S/C12H16ClN5/c1-12(2)3-6-17(7-4-12)11-16-15-10-9(13)14-5-8-18(10)11/h5,8H,3-4,6-7H2,1-2H3. The zero-order valence-electron chi connectivity index (χ0n) is 10.6. The lowest BCUT2D eigenvalue weighted by atomic mass is 9.83. The van der Waals surface area contributed by atoms with Gasteiger partial charge < -0.3 is 4.90 Å². The van der Waals surface area contributed by atoms with Gasteiger partial charge in [-0.15, -0.1) is 10.2 Å². The molecule has 96 valence electrons. The molecule has 0 atom stereocenters. The zero-order chi connectivity index (χ0) is 12.8. The summed E-state index contributed by atoms with van der Waals surface area (Å²) in [6.45, 7) is 6.64. The van der Waals surface area contributed by atoms with E-state index in [1.807, 2.05) is 10.6 Å². The van der Waals surface area contributed by atoms with Crippen molar-refractivity contribution in [3.05, 3.63) is 17.5 Å². The summed E-state index contributed by atoms with van der Waals surface area (Å²) < 4.78 is 1.91. The fourth-order valence-electron chi connectivity index (χ4n) is 2.31. The molecule has 0 N–H and O–H groups in total. The van der Waals surface area contributed by atoms with Crippen LogP contribution in [-0.4, -0.2) is 32.7 Å². The van der Waals surface area contributed by atoms with Gasteiger partial charge in [-0.3, -0.25) is 4.40 Å². The molecule has 2 aromatic rings. The Kier molecular flexibility index (Phi) is 2.66. The van der Waals surface area contributed by atoms with Crippen molar-refractivity contribution in [1.82, 2.24) is 19.6 Å². The number of hydrogen-bond donors (Lipinski definition) is 0. The molecule has 6 heteroatoms. The molecule has 0 radical (unpaired) electrons. The molecule has 0 amide bonds. The van der Waals surface area contributed by atoms with Gasteiger partial charge in [0.05, 0.1) is 0 Å². The second-order valence-electron chi connectivity index (χ2n) is 5.56. The van der Waals surface area contributed by atoms with Crippen LogP contribution in [0.4, 0.5) is 5.95 Å². The van der Waals surface area contributed by atoms with E-state index in [1.165, 1.54) is 12.8 Å². The monoisotopic (exact) mass is 265 g/mol. The minimum Gasteiger partial charge on any atom is -0.341 e. The molecular formula is C12H16ClN5. The smallest absolute Gasteiger partial charge is 0.231 e. The van der Waals surface area contributed by atoms with Crippen molar-refractivity contribution in [1.29, 1.82) is 0 Å². The van der Waals surface area contributed by atoms with E-state index in [0.717, 1.165) is 19.0 Å². The number of halogens is 1. The third kappa shape index (κ3) is 1.92. The highest BCUT2D eigenvalue weighted by molar-refractivity contribution is 6.32. The lowest BCUT2D eigenvalue weighted by Gasteiger charge is -2.36. The molecule has 18 heavy (non-hydrogen) atoms. The first-order valence-electron chi connectivity index (χ1n) is 6.17. The van der Waals surface area contributed by atoms with Crippen molar-refractivity contribution in [2.24, 2.45) is 5.41 Å². The molecule has 3 heterocycles. The van der Waals surface area contributed by atoms with E-state index in [0.29, 0.717) is 16.2 Å². The van der Waals surface area contributed by atoms with Crippen molar-refractivity contribution in [3.63, 3.8) is 0 Å². The number of fused-ring (bicyclic) bond motifs is 1. The average molecular weight is 266 g/mol. The first-order valence-corrected chi connectivity index (χ1v) is 6.55. The summed E-state index contributed by atoms with van der Waals surface area (Å²) in [4.78, 5) is 6.28. The molecule has 1 aliphatic rings. The fourth-order valence-corrected chi connectivity index (χ4v) is 2.50. The van der Waals surface area contributed by atoms with Gasteiger partial charge in [-0.25, -0.2) is 4.98 Å². The Bertz CT molecular complexity index is 567. The Balaban J connectivity index is 1.94. The first kappa shape index (κ1) is 11.7. The van der Waals surface area contributed by atoms with E-state index < -0.39 is 0 Å². The van der Waals surface area contributed by atoms with Crippen molar-refractivity contribution >= 4 is 23.2 Å². The summed E-state index contributed by atoms with van der Waals surface area (Å²) in [6, 6.07) is 0. The third-order valence-electron chi connectivity index (χ3n) is 3.67. The molecule has 0 bridgehead atoms. The van der Waals surface area contributed by atoms with Crippen molar-refractivity contribution in [3.8, 4) is 0 Å². The molecule has 1 aliphatic heterocycles. The average Bonchev–Trinajstić information content (AvgIpc) is 2.74. The van der Waals surface area contributed by atoms with Crippen LogP contribution in [0.15, 0.2) is 12.4 Å². The van der Waals surface area contributed by atoms with Gasteiger partial charge in [0.25, 0.3) is 0 Å². The molecule has 0 aromatic carbocycles. The van der Waals surface area contributed by atoms with Gasteiger partial charge in [0.1, 0.15) is 0 Å². The van der Waals surface area contributed by atoms with E-state index in [1.54, 1.807) is 6.20 Å². The maximum atomic E-state index is 6.00. The minimum absolute atomic E-state index is 0.397. The Labute approximate surface area is 111 Å². The topological polar surface area (TPSA) is 46.3 Å². The molecule has 0 spiro atoms. The predicted molar refractivity (Wildman–Crippen MR) is 71.0 cm³/mol. The van der Waals surface area contributed by atoms with Crippen LogP contribution in [0, 0.1) is 5.41 Å². The van der Waals surface area contributed by atoms with Gasteiger partial charge in [0.15, 0.2) is 10.8 Å². The Morgan fingerprint density at radius 3 is 2.67 bits per heavy atom. The Morgan fingerprint density at radius 1 is 1.22 bits per heavy atom. The van der Waals surface area contributed by atoms with Crippen molar-refractivity contribution in [2.75, 3.05) is 18.0 Å². The summed E-state index contributed by atoms with van der Waals surface area (Å²) in [6.07, 6.45) is 5.87. The molecule has 1 saturated heterocycles. The Hall–Kier alpha value is -1.36. The largest absolute Gasteiger partial charge is 0.341 e. The van der Waals surface area contributed by atoms with E-state index in [-0.39, 0.29) is 0 Å². The number of anilines is 1. The molecule has 1 fully saturated rings. The third-order valence-corrected chi connectivity index (χ3v) is 3.93. The second kappa shape index (κ2) is 4.09. The van der Waals surface area contributed by atoms with Crippen LogP contribution in [0.2, 0.25) is 5.15 Å². The predicted octanol–water partition coefficient (Wildman–Crippen LogP) is 2.40. The van der Waals surface area contributed by atoms with Gasteiger partial charge in [0, 0.05) is 25.5 Å². The van der Waals surface area contributed by atoms with Crippen LogP contribution in [0.3, 0.4) is 0 Å². The quantitative estimate of drug-likeness (QED) is 0.794. The van der Waals surface area contributed by atoms with E-state index in [2.05, 4.69) is 33.9 Å². The molecule has 0 saturated carbocycles. The highest BCUT2D eigenvalue weighted by Crippen LogP contribution is 2.31. The molecule has 0 aliphatic carbocycles. The highest BCUT2D eigenvalue weighted by atomic mass is 35.5. The molecule has 0 unspecified atom stereocenters. The highest BCUT2D eigenvalue weighted by Gasteiger charge is 2.27. The van der Waals surface area contributed by atoms with Gasteiger partial charge >= 0.3 is 0 Å². The number of hydrogen-bond acceptors (Lipinski definition) is 4. The maximum absolute atomic E-state index is 6.00. The number of rotatable bonds is 1. The van der Waals surface area contributed by atoms with Crippen LogP contribution < -0.4 is 4.90 Å². The van der Waals surface area contributed by atoms with Crippen LogP contribution in [0.5, 0.6) is 0 Å². The van der Waals surface area contributed by atoms with E-state index >= 15 is 0 Å². The SMILES string of the molecule is CC1(C)CCN(c2nnc3c(Cl)nccn23)CC1. The summed E-state index contributed by atoms with van der Waals surface area (Å²) in [5.74, 6) is 0.866. The van der Waals surface area contributed by atoms with E-state index in [9.17, 15) is 0 Å². The number of aromatic nitrogens is 4. The summed E-state index contributed by atoms with van der Waals surface area (Å²) in [5, 5.41) is 8.75. The van der Waals surface area contributed by atoms with E-state index in [4.69, 9.17) is 11.6 Å². The fraction of sp³-hybridized carbons (Fsp3) is 0.583. The number of piperidine rings is 1. The Morgan fingerprint density at radius 2 is 1.94 bits per heavy atom. The molecule has 3 rings (SSSR count). The lowest BCUT2D eigenvalue weighted by molar-refractivity contribution is 0.278. The van der Waals surface area contributed by atoms with Crippen molar-refractivity contribution in [2.45, 2.75) is 26.7 Å². The van der Waals surface area contributed by atoms with Crippen LogP contribution in [-0.2, 0) is 0 Å². The zero-order valence-corrected chi connectivity index (χ0v) is 11.4. The maximum Gasteiger partial charge on any atom is 0.231 e. The normalized spacial score (nSPS) is 19.4. The lowest BCUT2D eigenvalue weighted by Crippen LogP contribution is -2.38. The van der Waals surface area contributed by atoms with Gasteiger partial charge in [-0.1, -0.05) is 25.4 Å². The molecule has 2 aromatic heterocycles. The summed E-state index contributed by atoms with van der Waals surface area (Å²) >= 11 is 6.00. The summed E-state index contributed by atoms with van der Waals surface area (Å²) in [7, 11) is 0. The van der Waals surface area contributed by atoms with Crippen LogP contribution in [0.25, 0.3) is 5.65 Å². The molecular weight excluding hydrogens is 250 g/mol. The van der Waals surface area contributed by atoms with Gasteiger partial charge in [0.2, 0.25) is 5.95 Å². The second-order valence-corrected chi connectivity index (χ2v) is 5.92. The van der Waals surface area contributed by atoms with Crippen molar-refractivity contribution < 1.29 is 0 Å². The first-order chi connectivity index (χ1) is 8.57. The van der Waals surface area contributed by atoms with Gasteiger partial charge in [-0.05, 0) is 18.3 Å². The van der Waals surface area contributed by atoms with Gasteiger partial charge in [-0.2, -0.15) is 0 Å². The van der Waals surface area contributed by atoms with Crippen LogP contribution >= 0.6 is 11.6 Å². The molecule has 5 nitrogen and oxygen atoms in total. The summed E-state index contributed by atoms with van der Waals surface area (Å²) in [5.41, 5.74) is 1.05. The van der Waals surface area contributed by atoms with Crippen LogP contribution in [0.1, 0.15) is 26.7 Å².